The van der Waals surface area contributed by atoms with E-state index in [0.29, 0.717) is 41.2 Å². The van der Waals surface area contributed by atoms with Gasteiger partial charge in [-0.15, -0.1) is 0 Å². The highest BCUT2D eigenvalue weighted by Crippen LogP contribution is 2.39. The second-order valence-corrected chi connectivity index (χ2v) is 6.50. The largest absolute Gasteiger partial charge is 0.453 e. The number of pyridine rings is 1. The Morgan fingerprint density at radius 3 is 2.87 bits per heavy atom. The van der Waals surface area contributed by atoms with Crippen molar-refractivity contribution in [3.8, 4) is 5.75 Å². The van der Waals surface area contributed by atoms with Crippen LogP contribution in [0.15, 0.2) is 34.1 Å². The maximum atomic E-state index is 12.4. The lowest BCUT2D eigenvalue weighted by Crippen LogP contribution is -2.27. The van der Waals surface area contributed by atoms with Gasteiger partial charge in [0, 0.05) is 23.7 Å². The van der Waals surface area contributed by atoms with Crippen molar-refractivity contribution in [1.29, 1.82) is 0 Å². The number of aromatic nitrogens is 1. The smallest absolute Gasteiger partial charge is 0.379 e. The maximum absolute atomic E-state index is 12.4. The average molecular weight is 314 g/mol. The molecule has 1 aliphatic rings. The van der Waals surface area contributed by atoms with Gasteiger partial charge in [-0.2, -0.15) is 0 Å². The van der Waals surface area contributed by atoms with Crippen LogP contribution in [-0.2, 0) is 6.42 Å². The third-order valence-electron chi connectivity index (χ3n) is 3.94. The molecule has 0 bridgehead atoms. The zero-order chi connectivity index (χ0) is 16.6. The van der Waals surface area contributed by atoms with E-state index < -0.39 is 5.97 Å². The topological polar surface area (TPSA) is 84.9 Å². The Hall–Kier alpha value is -2.63. The molecule has 0 spiro atoms. The van der Waals surface area contributed by atoms with Gasteiger partial charge >= 0.3 is 5.97 Å². The van der Waals surface area contributed by atoms with Crippen LogP contribution in [0.1, 0.15) is 47.7 Å². The van der Waals surface area contributed by atoms with Crippen LogP contribution in [-0.4, -0.2) is 21.9 Å². The molecule has 2 aromatic heterocycles. The number of nitrogens with zero attached hydrogens (tertiary/aromatic N) is 2. The Labute approximate surface area is 133 Å². The number of fused-ring (bicyclic) bond motifs is 1. The fourth-order valence-corrected chi connectivity index (χ4v) is 2.96. The van der Waals surface area contributed by atoms with Crippen LogP contribution in [0.3, 0.4) is 0 Å². The Kier molecular flexibility index (Phi) is 3.67. The summed E-state index contributed by atoms with van der Waals surface area (Å²) in [5, 5.41) is 12.7. The molecule has 6 nitrogen and oxygen atoms in total. The molecule has 1 N–H and O–H groups in total. The molecule has 6 heteroatoms. The van der Waals surface area contributed by atoms with Gasteiger partial charge in [0.05, 0.1) is 11.9 Å². The first-order valence-electron chi connectivity index (χ1n) is 7.37. The lowest BCUT2D eigenvalue weighted by Gasteiger charge is -2.28. The molecular formula is C17H18N2O4. The van der Waals surface area contributed by atoms with E-state index in [4.69, 9.17) is 9.15 Å². The van der Waals surface area contributed by atoms with Crippen molar-refractivity contribution in [3.63, 3.8) is 0 Å². The number of hydrogen-bond acceptors (Lipinski definition) is 6. The van der Waals surface area contributed by atoms with E-state index >= 15 is 0 Å². The average Bonchev–Trinajstić information content (AvgIpc) is 2.83. The minimum absolute atomic E-state index is 0.0939. The summed E-state index contributed by atoms with van der Waals surface area (Å²) in [5.41, 5.74) is 1.80. The van der Waals surface area contributed by atoms with E-state index in [2.05, 4.69) is 24.0 Å². The van der Waals surface area contributed by atoms with Crippen LogP contribution >= 0.6 is 0 Å². The molecule has 0 saturated heterocycles. The van der Waals surface area contributed by atoms with Gasteiger partial charge in [-0.25, -0.2) is 4.79 Å². The number of carbonyl (C=O) groups is 1. The van der Waals surface area contributed by atoms with Crippen LogP contribution in [0.4, 0.5) is 0 Å². The number of hydrogen-bond donors (Lipinski definition) is 1. The molecule has 0 aliphatic heterocycles. The highest BCUT2D eigenvalue weighted by atomic mass is 16.5. The van der Waals surface area contributed by atoms with E-state index in [1.807, 2.05) is 0 Å². The van der Waals surface area contributed by atoms with Crippen molar-refractivity contribution in [1.82, 2.24) is 4.98 Å². The first-order chi connectivity index (χ1) is 10.9. The number of rotatable bonds is 2. The highest BCUT2D eigenvalue weighted by molar-refractivity contribution is 6.06. The normalized spacial score (nSPS) is 17.8. The minimum Gasteiger partial charge on any atom is -0.453 e. The molecule has 0 amide bonds. The van der Waals surface area contributed by atoms with Crippen LogP contribution in [0.25, 0.3) is 0 Å². The van der Waals surface area contributed by atoms with Crippen LogP contribution in [0, 0.1) is 12.3 Å². The Balaban J connectivity index is 1.97. The molecule has 2 heterocycles. The molecule has 0 atom stereocenters. The molecule has 23 heavy (non-hydrogen) atoms. The second kappa shape index (κ2) is 5.53. The zero-order valence-corrected chi connectivity index (χ0v) is 13.3. The zero-order valence-electron chi connectivity index (χ0n) is 13.3. The fourth-order valence-electron chi connectivity index (χ4n) is 2.96. The van der Waals surface area contributed by atoms with Crippen molar-refractivity contribution < 1.29 is 19.2 Å². The van der Waals surface area contributed by atoms with Crippen molar-refractivity contribution in [2.45, 2.75) is 33.6 Å². The van der Waals surface area contributed by atoms with Crippen molar-refractivity contribution in [2.24, 2.45) is 10.6 Å². The molecule has 1 aliphatic carbocycles. The summed E-state index contributed by atoms with van der Waals surface area (Å²) in [4.78, 5) is 16.3. The van der Waals surface area contributed by atoms with Crippen molar-refractivity contribution in [2.75, 3.05) is 0 Å². The van der Waals surface area contributed by atoms with Gasteiger partial charge in [-0.1, -0.05) is 19.0 Å². The Bertz CT molecular complexity index is 775. The molecular weight excluding hydrogens is 296 g/mol. The SMILES string of the molecule is Cc1c(C(=O)Oc2cccnc2)oc2c1/C(=N\O)CC(C)(C)C2. The number of oxime groups is 1. The third-order valence-corrected chi connectivity index (χ3v) is 3.94. The fraction of sp³-hybridized carbons (Fsp3) is 0.353. The molecule has 3 rings (SSSR count). The lowest BCUT2D eigenvalue weighted by molar-refractivity contribution is 0.0696. The Morgan fingerprint density at radius 1 is 1.43 bits per heavy atom. The summed E-state index contributed by atoms with van der Waals surface area (Å²) in [6, 6.07) is 3.33. The quantitative estimate of drug-likeness (QED) is 0.522. The van der Waals surface area contributed by atoms with Gasteiger partial charge in [0.1, 0.15) is 11.5 Å². The highest BCUT2D eigenvalue weighted by Gasteiger charge is 2.36. The third kappa shape index (κ3) is 2.84. The Morgan fingerprint density at radius 2 is 2.22 bits per heavy atom. The summed E-state index contributed by atoms with van der Waals surface area (Å²) in [5.74, 6) is 0.560. The lowest BCUT2D eigenvalue weighted by atomic mass is 9.75. The summed E-state index contributed by atoms with van der Waals surface area (Å²) < 4.78 is 11.0. The van der Waals surface area contributed by atoms with Gasteiger partial charge in [0.2, 0.25) is 5.76 Å². The maximum Gasteiger partial charge on any atom is 0.379 e. The van der Waals surface area contributed by atoms with Gasteiger partial charge < -0.3 is 14.4 Å². The molecule has 120 valence electrons. The van der Waals surface area contributed by atoms with Crippen molar-refractivity contribution >= 4 is 11.7 Å². The van der Waals surface area contributed by atoms with E-state index in [1.54, 1.807) is 25.3 Å². The molecule has 0 aromatic carbocycles. The number of furan rings is 1. The molecule has 0 unspecified atom stereocenters. The number of carbonyl (C=O) groups excluding carboxylic acids is 1. The van der Waals surface area contributed by atoms with E-state index in [1.165, 1.54) is 6.20 Å². The molecule has 2 aromatic rings. The van der Waals surface area contributed by atoms with Crippen molar-refractivity contribution in [3.05, 3.63) is 47.2 Å². The monoisotopic (exact) mass is 314 g/mol. The van der Waals surface area contributed by atoms with E-state index in [-0.39, 0.29) is 11.2 Å². The summed E-state index contributed by atoms with van der Waals surface area (Å²) in [6.45, 7) is 5.89. The number of ether oxygens (including phenoxy) is 1. The van der Waals surface area contributed by atoms with Gasteiger partial charge in [-0.3, -0.25) is 4.98 Å². The summed E-state index contributed by atoms with van der Waals surface area (Å²) in [7, 11) is 0. The summed E-state index contributed by atoms with van der Waals surface area (Å²) in [6.07, 6.45) is 4.34. The van der Waals surface area contributed by atoms with E-state index in [0.717, 1.165) is 0 Å². The molecule has 0 fully saturated rings. The molecule has 0 radical (unpaired) electrons. The van der Waals surface area contributed by atoms with Crippen LogP contribution in [0.5, 0.6) is 5.75 Å². The van der Waals surface area contributed by atoms with E-state index in [9.17, 15) is 10.0 Å². The van der Waals surface area contributed by atoms with Crippen LogP contribution < -0.4 is 4.74 Å². The predicted octanol–water partition coefficient (Wildman–Crippen LogP) is 3.35. The first kappa shape index (κ1) is 15.3. The van der Waals surface area contributed by atoms with Gasteiger partial charge in [0.25, 0.3) is 0 Å². The second-order valence-electron chi connectivity index (χ2n) is 6.50. The predicted molar refractivity (Wildman–Crippen MR) is 83.1 cm³/mol. The van der Waals surface area contributed by atoms with Crippen LogP contribution in [0.2, 0.25) is 0 Å². The van der Waals surface area contributed by atoms with Gasteiger partial charge in [0.15, 0.2) is 0 Å². The van der Waals surface area contributed by atoms with Gasteiger partial charge in [-0.05, 0) is 30.9 Å². The summed E-state index contributed by atoms with van der Waals surface area (Å²) >= 11 is 0. The standard InChI is InChI=1S/C17H18N2O4/c1-10-14-12(19-21)7-17(2,3)8-13(14)23-15(10)16(20)22-11-5-4-6-18-9-11/h4-6,9,21H,7-8H2,1-3H3/b19-12-. The first-order valence-corrected chi connectivity index (χ1v) is 7.37. The number of esters is 1. The molecule has 0 saturated carbocycles. The minimum atomic E-state index is -0.583.